The first-order valence-electron chi connectivity index (χ1n) is 8.82. The highest BCUT2D eigenvalue weighted by molar-refractivity contribution is 6.04. The van der Waals surface area contributed by atoms with Crippen LogP contribution in [0.15, 0.2) is 53.3 Å². The van der Waals surface area contributed by atoms with Crippen molar-refractivity contribution in [2.24, 2.45) is 5.73 Å². The highest BCUT2D eigenvalue weighted by Gasteiger charge is 2.21. The maximum absolute atomic E-state index is 13.2. The SMILES string of the molecule is C[C@@H](OC(=O)Cn1nc(C(N)=O)c2ccccc2c1=O)C(=O)Nc1cccc(F)c1. The van der Waals surface area contributed by atoms with Gasteiger partial charge in [0, 0.05) is 11.1 Å². The van der Waals surface area contributed by atoms with Crippen molar-refractivity contribution in [1.29, 1.82) is 0 Å². The zero-order chi connectivity index (χ0) is 21.8. The van der Waals surface area contributed by atoms with Crippen LogP contribution in [0.25, 0.3) is 10.8 Å². The van der Waals surface area contributed by atoms with E-state index in [-0.39, 0.29) is 22.2 Å². The average molecular weight is 412 g/mol. The molecule has 0 spiro atoms. The number of esters is 1. The highest BCUT2D eigenvalue weighted by Crippen LogP contribution is 2.13. The van der Waals surface area contributed by atoms with Crippen LogP contribution < -0.4 is 16.6 Å². The lowest BCUT2D eigenvalue weighted by Crippen LogP contribution is -2.34. The van der Waals surface area contributed by atoms with Crippen LogP contribution in [0.2, 0.25) is 0 Å². The molecular formula is C20H17FN4O5. The summed E-state index contributed by atoms with van der Waals surface area (Å²) in [6.45, 7) is 0.680. The minimum absolute atomic E-state index is 0.158. The Kier molecular flexibility index (Phi) is 5.86. The fraction of sp³-hybridized carbons (Fsp3) is 0.150. The van der Waals surface area contributed by atoms with E-state index in [1.54, 1.807) is 12.1 Å². The molecule has 3 aromatic rings. The average Bonchev–Trinajstić information content (AvgIpc) is 2.69. The normalized spacial score (nSPS) is 11.7. The molecule has 0 aliphatic carbocycles. The first-order chi connectivity index (χ1) is 14.3. The van der Waals surface area contributed by atoms with E-state index in [2.05, 4.69) is 10.4 Å². The second kappa shape index (κ2) is 8.52. The number of ether oxygens (including phenoxy) is 1. The molecule has 0 unspecified atom stereocenters. The number of carbonyl (C=O) groups is 3. The van der Waals surface area contributed by atoms with Crippen LogP contribution in [0, 0.1) is 5.82 Å². The summed E-state index contributed by atoms with van der Waals surface area (Å²) < 4.78 is 19.0. The van der Waals surface area contributed by atoms with Crippen molar-refractivity contribution in [3.8, 4) is 0 Å². The van der Waals surface area contributed by atoms with Gasteiger partial charge in [0.15, 0.2) is 11.8 Å². The van der Waals surface area contributed by atoms with Crippen molar-refractivity contribution >= 4 is 34.2 Å². The van der Waals surface area contributed by atoms with Crippen molar-refractivity contribution in [3.63, 3.8) is 0 Å². The van der Waals surface area contributed by atoms with Crippen molar-refractivity contribution in [2.45, 2.75) is 19.6 Å². The van der Waals surface area contributed by atoms with Gasteiger partial charge in [-0.15, -0.1) is 0 Å². The third kappa shape index (κ3) is 4.49. The van der Waals surface area contributed by atoms with E-state index in [4.69, 9.17) is 10.5 Å². The molecule has 3 N–H and O–H groups in total. The van der Waals surface area contributed by atoms with Gasteiger partial charge in [0.05, 0.1) is 5.39 Å². The summed E-state index contributed by atoms with van der Waals surface area (Å²) >= 11 is 0. The van der Waals surface area contributed by atoms with E-state index >= 15 is 0 Å². The first kappa shape index (κ1) is 20.6. The molecule has 1 aromatic heterocycles. The number of nitrogens with two attached hydrogens (primary N) is 1. The molecule has 2 aromatic carbocycles. The van der Waals surface area contributed by atoms with Crippen LogP contribution in [0.3, 0.4) is 0 Å². The third-order valence-electron chi connectivity index (χ3n) is 4.15. The second-order valence-corrected chi connectivity index (χ2v) is 6.35. The number of nitrogens with one attached hydrogen (secondary N) is 1. The van der Waals surface area contributed by atoms with Crippen molar-refractivity contribution in [2.75, 3.05) is 5.32 Å². The Morgan fingerprint density at radius 2 is 1.87 bits per heavy atom. The summed E-state index contributed by atoms with van der Waals surface area (Å²) in [7, 11) is 0. The molecular weight excluding hydrogens is 395 g/mol. The number of hydrogen-bond donors (Lipinski definition) is 2. The number of amides is 2. The van der Waals surface area contributed by atoms with Crippen LogP contribution in [-0.2, 0) is 20.9 Å². The Bertz CT molecular complexity index is 1210. The highest BCUT2D eigenvalue weighted by atomic mass is 19.1. The molecule has 0 saturated carbocycles. The Hall–Kier alpha value is -4.08. The monoisotopic (exact) mass is 412 g/mol. The molecule has 0 radical (unpaired) electrons. The van der Waals surface area contributed by atoms with Gasteiger partial charge in [-0.2, -0.15) is 5.10 Å². The summed E-state index contributed by atoms with van der Waals surface area (Å²) in [5.74, 6) is -3.02. The lowest BCUT2D eigenvalue weighted by atomic mass is 10.1. The van der Waals surface area contributed by atoms with Crippen LogP contribution in [0.4, 0.5) is 10.1 Å². The van der Waals surface area contributed by atoms with E-state index in [1.165, 1.54) is 37.3 Å². The topological polar surface area (TPSA) is 133 Å². The number of halogens is 1. The van der Waals surface area contributed by atoms with Gasteiger partial charge < -0.3 is 15.8 Å². The first-order valence-corrected chi connectivity index (χ1v) is 8.82. The largest absolute Gasteiger partial charge is 0.451 e. The standard InChI is InChI=1S/C20H17FN4O5/c1-11(19(28)23-13-6-4-5-12(21)9-13)30-16(26)10-25-20(29)15-8-3-2-7-14(15)17(24-25)18(22)27/h2-9,11H,10H2,1H3,(H2,22,27)(H,23,28)/t11-/m1/s1. The molecule has 154 valence electrons. The number of primary amides is 1. The van der Waals surface area contributed by atoms with E-state index < -0.39 is 41.8 Å². The van der Waals surface area contributed by atoms with E-state index in [1.807, 2.05) is 0 Å². The van der Waals surface area contributed by atoms with Gasteiger partial charge in [-0.3, -0.25) is 19.2 Å². The molecule has 2 amide bonds. The number of benzene rings is 2. The lowest BCUT2D eigenvalue weighted by Gasteiger charge is -2.14. The van der Waals surface area contributed by atoms with E-state index in [0.717, 1.165) is 10.7 Å². The van der Waals surface area contributed by atoms with Crippen LogP contribution in [-0.4, -0.2) is 33.7 Å². The van der Waals surface area contributed by atoms with Gasteiger partial charge in [-0.05, 0) is 31.2 Å². The number of rotatable bonds is 6. The van der Waals surface area contributed by atoms with Gasteiger partial charge in [0.2, 0.25) is 0 Å². The Morgan fingerprint density at radius 3 is 2.53 bits per heavy atom. The van der Waals surface area contributed by atoms with Gasteiger partial charge in [0.25, 0.3) is 17.4 Å². The number of hydrogen-bond acceptors (Lipinski definition) is 6. The van der Waals surface area contributed by atoms with Gasteiger partial charge >= 0.3 is 5.97 Å². The van der Waals surface area contributed by atoms with E-state index in [0.29, 0.717) is 0 Å². The summed E-state index contributed by atoms with van der Waals surface area (Å²) in [5.41, 5.74) is 4.72. The molecule has 1 heterocycles. The second-order valence-electron chi connectivity index (χ2n) is 6.35. The molecule has 30 heavy (non-hydrogen) atoms. The number of fused-ring (bicyclic) bond motifs is 1. The molecule has 3 rings (SSSR count). The van der Waals surface area contributed by atoms with Gasteiger partial charge in [-0.1, -0.05) is 24.3 Å². The number of nitrogens with zero attached hydrogens (tertiary/aromatic N) is 2. The third-order valence-corrected chi connectivity index (χ3v) is 4.15. The van der Waals surface area contributed by atoms with Gasteiger partial charge in [0.1, 0.15) is 12.4 Å². The molecule has 0 bridgehead atoms. The number of carbonyl (C=O) groups excluding carboxylic acids is 3. The minimum atomic E-state index is -1.23. The molecule has 0 aliphatic heterocycles. The number of anilines is 1. The Balaban J connectivity index is 1.75. The lowest BCUT2D eigenvalue weighted by molar-refractivity contribution is -0.154. The predicted octanol–water partition coefficient (Wildman–Crippen LogP) is 1.20. The fourth-order valence-corrected chi connectivity index (χ4v) is 2.74. The van der Waals surface area contributed by atoms with Crippen LogP contribution in [0.5, 0.6) is 0 Å². The van der Waals surface area contributed by atoms with Crippen LogP contribution in [0.1, 0.15) is 17.4 Å². The molecule has 1 atom stereocenters. The zero-order valence-corrected chi connectivity index (χ0v) is 15.8. The molecule has 0 saturated heterocycles. The number of aromatic nitrogens is 2. The minimum Gasteiger partial charge on any atom is -0.451 e. The van der Waals surface area contributed by atoms with Crippen molar-refractivity contribution in [1.82, 2.24) is 9.78 Å². The molecule has 10 heteroatoms. The van der Waals surface area contributed by atoms with E-state index in [9.17, 15) is 23.6 Å². The Labute approximate surface area is 169 Å². The van der Waals surface area contributed by atoms with Crippen molar-refractivity contribution < 1.29 is 23.5 Å². The molecule has 0 fully saturated rings. The summed E-state index contributed by atoms with van der Waals surface area (Å²) in [6, 6.07) is 11.4. The molecule has 0 aliphatic rings. The zero-order valence-electron chi connectivity index (χ0n) is 15.8. The smallest absolute Gasteiger partial charge is 0.328 e. The predicted molar refractivity (Wildman–Crippen MR) is 105 cm³/mol. The summed E-state index contributed by atoms with van der Waals surface area (Å²) in [5, 5.41) is 6.69. The van der Waals surface area contributed by atoms with Crippen molar-refractivity contribution in [3.05, 3.63) is 70.4 Å². The molecule has 9 nitrogen and oxygen atoms in total. The quantitative estimate of drug-likeness (QED) is 0.585. The fourth-order valence-electron chi connectivity index (χ4n) is 2.74. The maximum Gasteiger partial charge on any atom is 0.328 e. The van der Waals surface area contributed by atoms with Crippen LogP contribution >= 0.6 is 0 Å². The Morgan fingerprint density at radius 1 is 1.17 bits per heavy atom. The summed E-state index contributed by atoms with van der Waals surface area (Å²) in [4.78, 5) is 48.6. The van der Waals surface area contributed by atoms with Gasteiger partial charge in [-0.25, -0.2) is 9.07 Å². The summed E-state index contributed by atoms with van der Waals surface area (Å²) in [6.07, 6.45) is -1.23. The maximum atomic E-state index is 13.2.